The minimum atomic E-state index is -0.206. The Bertz CT molecular complexity index is 268. The van der Waals surface area contributed by atoms with Crippen molar-refractivity contribution in [2.24, 2.45) is 5.73 Å². The van der Waals surface area contributed by atoms with E-state index >= 15 is 0 Å². The molecule has 4 nitrogen and oxygen atoms in total. The number of nitrogens with zero attached hydrogens (tertiary/aromatic N) is 2. The molecule has 1 aromatic rings. The van der Waals surface area contributed by atoms with E-state index in [2.05, 4.69) is 12.0 Å². The Hall–Kier alpha value is -1.03. The van der Waals surface area contributed by atoms with Gasteiger partial charge >= 0.3 is 0 Å². The van der Waals surface area contributed by atoms with Gasteiger partial charge in [0.05, 0.1) is 6.20 Å². The van der Waals surface area contributed by atoms with Crippen LogP contribution in [0.1, 0.15) is 38.4 Å². The molecule has 1 atom stereocenters. The average Bonchev–Trinajstić information content (AvgIpc) is 2.43. The lowest BCUT2D eigenvalue weighted by Crippen LogP contribution is -2.07. The first-order valence-electron chi connectivity index (χ1n) is 4.67. The SMILES string of the molecule is CCCCn1cc(O)c(C(C)N)n1. The summed E-state index contributed by atoms with van der Waals surface area (Å²) in [6, 6.07) is -0.206. The van der Waals surface area contributed by atoms with E-state index in [0.717, 1.165) is 19.4 Å². The van der Waals surface area contributed by atoms with Gasteiger partial charge in [-0.3, -0.25) is 4.68 Å². The quantitative estimate of drug-likeness (QED) is 0.741. The lowest BCUT2D eigenvalue weighted by atomic mass is 10.2. The molecule has 3 N–H and O–H groups in total. The van der Waals surface area contributed by atoms with Gasteiger partial charge in [-0.05, 0) is 13.3 Å². The van der Waals surface area contributed by atoms with E-state index in [1.54, 1.807) is 10.9 Å². The largest absolute Gasteiger partial charge is 0.504 e. The van der Waals surface area contributed by atoms with Gasteiger partial charge in [0.2, 0.25) is 0 Å². The third kappa shape index (κ3) is 2.45. The van der Waals surface area contributed by atoms with Gasteiger partial charge in [-0.1, -0.05) is 13.3 Å². The number of unbranched alkanes of at least 4 members (excludes halogenated alkanes) is 1. The number of rotatable bonds is 4. The molecule has 74 valence electrons. The highest BCUT2D eigenvalue weighted by Gasteiger charge is 2.10. The zero-order chi connectivity index (χ0) is 9.84. The van der Waals surface area contributed by atoms with Crippen LogP contribution in [-0.4, -0.2) is 14.9 Å². The minimum absolute atomic E-state index is 0.200. The molecule has 13 heavy (non-hydrogen) atoms. The van der Waals surface area contributed by atoms with Crippen molar-refractivity contribution < 1.29 is 5.11 Å². The minimum Gasteiger partial charge on any atom is -0.504 e. The van der Waals surface area contributed by atoms with E-state index in [0.29, 0.717) is 5.69 Å². The van der Waals surface area contributed by atoms with E-state index in [-0.39, 0.29) is 11.8 Å². The Morgan fingerprint density at radius 3 is 2.85 bits per heavy atom. The van der Waals surface area contributed by atoms with Gasteiger partial charge in [-0.2, -0.15) is 5.10 Å². The van der Waals surface area contributed by atoms with Crippen LogP contribution in [0.5, 0.6) is 5.75 Å². The maximum absolute atomic E-state index is 9.44. The third-order valence-corrected chi connectivity index (χ3v) is 1.94. The molecular formula is C9H17N3O. The normalized spacial score (nSPS) is 13.2. The zero-order valence-corrected chi connectivity index (χ0v) is 8.20. The van der Waals surface area contributed by atoms with Crippen LogP contribution >= 0.6 is 0 Å². The molecule has 0 aromatic carbocycles. The maximum atomic E-state index is 9.44. The van der Waals surface area contributed by atoms with Crippen LogP contribution < -0.4 is 5.73 Å². The van der Waals surface area contributed by atoms with Gasteiger partial charge in [0.15, 0.2) is 5.75 Å². The predicted molar refractivity (Wildman–Crippen MR) is 51.4 cm³/mol. The lowest BCUT2D eigenvalue weighted by molar-refractivity contribution is 0.463. The Morgan fingerprint density at radius 2 is 2.38 bits per heavy atom. The third-order valence-electron chi connectivity index (χ3n) is 1.94. The molecule has 0 bridgehead atoms. The first-order chi connectivity index (χ1) is 6.15. The van der Waals surface area contributed by atoms with Crippen LogP contribution in [0.4, 0.5) is 0 Å². The van der Waals surface area contributed by atoms with E-state index < -0.39 is 0 Å². The van der Waals surface area contributed by atoms with Crippen LogP contribution in [-0.2, 0) is 6.54 Å². The highest BCUT2D eigenvalue weighted by Crippen LogP contribution is 2.20. The monoisotopic (exact) mass is 183 g/mol. The Labute approximate surface area is 78.4 Å². The molecule has 0 aliphatic heterocycles. The summed E-state index contributed by atoms with van der Waals surface area (Å²) in [6.07, 6.45) is 3.82. The van der Waals surface area contributed by atoms with Gasteiger partial charge in [0, 0.05) is 12.6 Å². The fraction of sp³-hybridized carbons (Fsp3) is 0.667. The van der Waals surface area contributed by atoms with E-state index in [1.165, 1.54) is 0 Å². The van der Waals surface area contributed by atoms with Crippen LogP contribution in [0.25, 0.3) is 0 Å². The van der Waals surface area contributed by atoms with Gasteiger partial charge < -0.3 is 10.8 Å². The molecule has 0 aliphatic carbocycles. The van der Waals surface area contributed by atoms with Crippen LogP contribution in [0.2, 0.25) is 0 Å². The standard InChI is InChI=1S/C9H17N3O/c1-3-4-5-12-6-8(13)9(11-12)7(2)10/h6-7,13H,3-5,10H2,1-2H3. The fourth-order valence-corrected chi connectivity index (χ4v) is 1.18. The van der Waals surface area contributed by atoms with E-state index in [9.17, 15) is 5.11 Å². The second-order valence-corrected chi connectivity index (χ2v) is 3.30. The molecule has 0 radical (unpaired) electrons. The number of nitrogens with two attached hydrogens (primary N) is 1. The van der Waals surface area contributed by atoms with Crippen molar-refractivity contribution in [2.45, 2.75) is 39.3 Å². The molecule has 0 saturated carbocycles. The van der Waals surface area contributed by atoms with Crippen LogP contribution in [0, 0.1) is 0 Å². The molecule has 0 fully saturated rings. The summed E-state index contributed by atoms with van der Waals surface area (Å²) in [6.45, 7) is 4.78. The average molecular weight is 183 g/mol. The van der Waals surface area contributed by atoms with Gasteiger partial charge in [0.1, 0.15) is 5.69 Å². The van der Waals surface area contributed by atoms with Crippen LogP contribution in [0.15, 0.2) is 6.20 Å². The molecule has 1 unspecified atom stereocenters. The molecule has 1 rings (SSSR count). The van der Waals surface area contributed by atoms with Crippen molar-refractivity contribution in [3.8, 4) is 5.75 Å². The van der Waals surface area contributed by atoms with Crippen molar-refractivity contribution in [1.29, 1.82) is 0 Å². The van der Waals surface area contributed by atoms with E-state index in [4.69, 9.17) is 5.73 Å². The van der Waals surface area contributed by atoms with Gasteiger partial charge in [-0.25, -0.2) is 0 Å². The summed E-state index contributed by atoms with van der Waals surface area (Å²) in [4.78, 5) is 0. The maximum Gasteiger partial charge on any atom is 0.158 e. The van der Waals surface area contributed by atoms with Gasteiger partial charge in [0.25, 0.3) is 0 Å². The number of aromatic nitrogens is 2. The lowest BCUT2D eigenvalue weighted by Gasteiger charge is -2.00. The van der Waals surface area contributed by atoms with Crippen molar-refractivity contribution in [3.63, 3.8) is 0 Å². The highest BCUT2D eigenvalue weighted by atomic mass is 16.3. The molecule has 0 aliphatic rings. The first kappa shape index (κ1) is 10.1. The number of hydrogen-bond acceptors (Lipinski definition) is 3. The number of aryl methyl sites for hydroxylation is 1. The molecule has 0 saturated heterocycles. The highest BCUT2D eigenvalue weighted by molar-refractivity contribution is 5.24. The molecule has 4 heteroatoms. The van der Waals surface area contributed by atoms with E-state index in [1.807, 2.05) is 6.92 Å². The molecule has 0 spiro atoms. The Kier molecular flexibility index (Phi) is 3.31. The Balaban J connectivity index is 2.71. The summed E-state index contributed by atoms with van der Waals surface area (Å²) in [7, 11) is 0. The number of hydrogen-bond donors (Lipinski definition) is 2. The zero-order valence-electron chi connectivity index (χ0n) is 8.20. The van der Waals surface area contributed by atoms with Crippen molar-refractivity contribution >= 4 is 0 Å². The topological polar surface area (TPSA) is 64.1 Å². The second-order valence-electron chi connectivity index (χ2n) is 3.30. The molecule has 1 heterocycles. The fourth-order valence-electron chi connectivity index (χ4n) is 1.18. The summed E-state index contributed by atoms with van der Waals surface area (Å²) < 4.78 is 1.75. The molecular weight excluding hydrogens is 166 g/mol. The van der Waals surface area contributed by atoms with Crippen molar-refractivity contribution in [2.75, 3.05) is 0 Å². The molecule has 0 amide bonds. The molecule has 1 aromatic heterocycles. The second kappa shape index (κ2) is 4.28. The van der Waals surface area contributed by atoms with Crippen LogP contribution in [0.3, 0.4) is 0 Å². The predicted octanol–water partition coefficient (Wildman–Crippen LogP) is 1.41. The summed E-state index contributed by atoms with van der Waals surface area (Å²) in [5, 5.41) is 13.6. The smallest absolute Gasteiger partial charge is 0.158 e. The van der Waals surface area contributed by atoms with Crippen molar-refractivity contribution in [1.82, 2.24) is 9.78 Å². The first-order valence-corrected chi connectivity index (χ1v) is 4.67. The van der Waals surface area contributed by atoms with Crippen molar-refractivity contribution in [3.05, 3.63) is 11.9 Å². The summed E-state index contributed by atoms with van der Waals surface area (Å²) in [5.74, 6) is 0.200. The Morgan fingerprint density at radius 1 is 1.69 bits per heavy atom. The number of aromatic hydroxyl groups is 1. The summed E-state index contributed by atoms with van der Waals surface area (Å²) in [5.41, 5.74) is 6.20. The van der Waals surface area contributed by atoms with Gasteiger partial charge in [-0.15, -0.1) is 0 Å². The summed E-state index contributed by atoms with van der Waals surface area (Å²) >= 11 is 0.